The Morgan fingerprint density at radius 3 is 1.63 bits per heavy atom. The number of carbonyl (C=O) groups is 13. The number of cyclic esters (lactones) is 1. The smallest absolute Gasteiger partial charge is 0.475 e. The largest absolute Gasteiger partial charge is 0.490 e. The molecule has 1 aromatic rings. The van der Waals surface area contributed by atoms with Gasteiger partial charge in [0.25, 0.3) is 0 Å². The van der Waals surface area contributed by atoms with E-state index in [4.69, 9.17) is 20.4 Å². The maximum atomic E-state index is 14.5. The average Bonchev–Trinajstić information content (AvgIpc) is 1.60. The van der Waals surface area contributed by atoms with Crippen molar-refractivity contribution in [3.8, 4) is 0 Å². The Balaban J connectivity index is 0.00000543. The highest BCUT2D eigenvalue weighted by Gasteiger charge is 2.43. The summed E-state index contributed by atoms with van der Waals surface area (Å²) in [6, 6.07) is 2.97. The fraction of sp³-hybridized carbons (Fsp3) is 0.698. The molecule has 27 heteroatoms. The Labute approximate surface area is 525 Å². The Morgan fingerprint density at radius 2 is 1.18 bits per heavy atom. The van der Waals surface area contributed by atoms with Crippen LogP contribution in [0.3, 0.4) is 0 Å². The van der Waals surface area contributed by atoms with E-state index in [1.54, 1.807) is 48.5 Å². The molecule has 1 heterocycles. The summed E-state index contributed by atoms with van der Waals surface area (Å²) in [4.78, 5) is 174. The maximum absolute atomic E-state index is 14.5. The number of carboxylic acid groups (broad SMARTS) is 1. The molecule has 1 saturated heterocycles. The molecule has 15 atom stereocenters. The van der Waals surface area contributed by atoms with Crippen LogP contribution in [0.5, 0.6) is 0 Å². The van der Waals surface area contributed by atoms with Crippen LogP contribution in [0.15, 0.2) is 30.3 Å². The molecule has 0 bridgehead atoms. The molecule has 1 aliphatic heterocycles. The van der Waals surface area contributed by atoms with Crippen molar-refractivity contribution in [3.63, 3.8) is 0 Å². The number of aliphatic hydroxyl groups is 2. The molecule has 1 fully saturated rings. The van der Waals surface area contributed by atoms with Gasteiger partial charge in [0.05, 0.1) is 43.2 Å². The van der Waals surface area contributed by atoms with Gasteiger partial charge in [0, 0.05) is 49.9 Å². The Morgan fingerprint density at radius 1 is 0.689 bits per heavy atom. The van der Waals surface area contributed by atoms with Gasteiger partial charge >= 0.3 is 18.1 Å². The zero-order valence-corrected chi connectivity index (χ0v) is 54.2. The van der Waals surface area contributed by atoms with E-state index in [-0.39, 0.29) is 24.7 Å². The second-order valence-corrected chi connectivity index (χ2v) is 24.3. The van der Waals surface area contributed by atoms with E-state index in [0.717, 1.165) is 5.56 Å². The molecule has 2 rings (SSSR count). The van der Waals surface area contributed by atoms with Gasteiger partial charge in [-0.15, -0.1) is 0 Å². The first-order valence-corrected chi connectivity index (χ1v) is 30.9. The first-order chi connectivity index (χ1) is 41.9. The lowest BCUT2D eigenvalue weighted by Crippen LogP contribution is -2.59. The van der Waals surface area contributed by atoms with E-state index in [9.17, 15) is 80.9 Å². The number of ketones is 4. The summed E-state index contributed by atoms with van der Waals surface area (Å²) >= 11 is 0. The monoisotopic (exact) mass is 1280 g/mol. The number of ether oxygens (including phenoxy) is 1. The second-order valence-electron chi connectivity index (χ2n) is 24.3. The van der Waals surface area contributed by atoms with Crippen LogP contribution in [0.2, 0.25) is 0 Å². The van der Waals surface area contributed by atoms with Crippen LogP contribution in [0.25, 0.3) is 0 Å². The summed E-state index contributed by atoms with van der Waals surface area (Å²) in [5, 5.41) is 44.3. The molecule has 0 radical (unpaired) electrons. The highest BCUT2D eigenvalue weighted by atomic mass is 19.4. The fourth-order valence-electron chi connectivity index (χ4n) is 9.77. The van der Waals surface area contributed by atoms with Crippen LogP contribution in [0, 0.1) is 53.3 Å². The summed E-state index contributed by atoms with van der Waals surface area (Å²) < 4.78 is 37.5. The van der Waals surface area contributed by atoms with Crippen LogP contribution in [-0.4, -0.2) is 153 Å². The number of nitrogens with two attached hydrogens (primary N) is 1. The topological polar surface area (TPSA) is 390 Å². The number of alkyl halides is 3. The number of Topliss-reactive ketones (excluding diaryl/α,β-unsaturated/α-hetero) is 4. The van der Waals surface area contributed by atoms with Crippen molar-refractivity contribution >= 4 is 76.4 Å². The quantitative estimate of drug-likeness (QED) is 0.0446. The second kappa shape index (κ2) is 38.5. The van der Waals surface area contributed by atoms with Crippen molar-refractivity contribution in [1.29, 1.82) is 0 Å². The minimum atomic E-state index is -5.08. The lowest BCUT2D eigenvalue weighted by molar-refractivity contribution is -0.192. The van der Waals surface area contributed by atoms with E-state index in [0.29, 0.717) is 38.5 Å². The Hall–Kier alpha value is -7.16. The predicted molar refractivity (Wildman–Crippen MR) is 324 cm³/mol. The third-order valence-corrected chi connectivity index (χ3v) is 16.8. The predicted octanol–water partition coefficient (Wildman–Crippen LogP) is 3.91. The molecule has 7 amide bonds. The van der Waals surface area contributed by atoms with Crippen molar-refractivity contribution in [2.75, 3.05) is 13.2 Å². The number of amides is 7. The van der Waals surface area contributed by atoms with Crippen LogP contribution in [0.4, 0.5) is 13.2 Å². The number of aliphatic carboxylic acids is 1. The van der Waals surface area contributed by atoms with Gasteiger partial charge in [0.2, 0.25) is 41.4 Å². The van der Waals surface area contributed by atoms with Gasteiger partial charge in [0.15, 0.2) is 23.1 Å². The zero-order chi connectivity index (χ0) is 69.1. The van der Waals surface area contributed by atoms with Crippen molar-refractivity contribution in [2.24, 2.45) is 59.0 Å². The molecule has 1 aliphatic rings. The van der Waals surface area contributed by atoms with Gasteiger partial charge in [-0.05, 0) is 69.3 Å². The maximum Gasteiger partial charge on any atom is 0.490 e. The van der Waals surface area contributed by atoms with E-state index in [2.05, 4.69) is 31.9 Å². The van der Waals surface area contributed by atoms with Gasteiger partial charge in [-0.3, -0.25) is 52.7 Å². The van der Waals surface area contributed by atoms with Crippen molar-refractivity contribution in [3.05, 3.63) is 35.9 Å². The molecular formula is C63H98F3N7O17. The number of aliphatic hydroxyl groups excluding tert-OH is 2. The minimum Gasteiger partial charge on any atom is -0.475 e. The molecule has 11 N–H and O–H groups in total. The van der Waals surface area contributed by atoms with E-state index < -0.39 is 205 Å². The third kappa shape index (κ3) is 26.0. The summed E-state index contributed by atoms with van der Waals surface area (Å²) in [6.45, 7) is 19.9. The number of rotatable bonds is 33. The van der Waals surface area contributed by atoms with Crippen LogP contribution in [-0.2, 0) is 73.5 Å². The number of nitrogens with one attached hydrogen (secondary N) is 6. The summed E-state index contributed by atoms with van der Waals surface area (Å²) in [5.41, 5.74) is 4.93. The molecule has 0 spiro atoms. The Bertz CT molecular complexity index is 2620. The lowest BCUT2D eigenvalue weighted by Gasteiger charge is -2.31. The Kier molecular flexibility index (Phi) is 34.6. The molecule has 0 aromatic heterocycles. The van der Waals surface area contributed by atoms with Crippen molar-refractivity contribution in [2.45, 2.75) is 215 Å². The standard InChI is InChI=1S/C61H97N7O15.C2HF3O2/c1-14-33(6)43(30-45(71)44(24-25-49(62)75)63-56(78)41(31-69)28-47(73)50(34(7)15-2)64-55(77)40(18-5)27-39-22-20-19-21-23-39)58(80)65-51(35(8)16-3)48(74)29-42(32-70)57(79)66-53-38(11)83-59(81)52(36(9)17-4)67-60(82)61(12,13)68-54(76)37(10)26-46(53)72;3-2(4,5)1(6)7/h19-23,33-38,40-44,50-53,69-70H,14-18,24-32H2,1-13H3,(H2,62,75)(H,63,78)(H,64,77)(H,65,80)(H,66,79)(H,67,82)(H,68,76);(H,6,7)/t33-,34-,35-,36-,37+,38-,40+,41-,42-,43+,44+,50-,51-,52-,53+;/m0./s1. The van der Waals surface area contributed by atoms with E-state index >= 15 is 0 Å². The molecule has 90 heavy (non-hydrogen) atoms. The zero-order valence-electron chi connectivity index (χ0n) is 54.2. The molecule has 0 unspecified atom stereocenters. The van der Waals surface area contributed by atoms with Crippen LogP contribution < -0.4 is 37.6 Å². The number of halogens is 3. The van der Waals surface area contributed by atoms with Crippen LogP contribution >= 0.6 is 0 Å². The fourth-order valence-corrected chi connectivity index (χ4v) is 9.77. The number of benzene rings is 1. The summed E-state index contributed by atoms with van der Waals surface area (Å²) in [7, 11) is 0. The number of esters is 1. The molecule has 24 nitrogen and oxygen atoms in total. The number of hydrogen-bond acceptors (Lipinski definition) is 16. The van der Waals surface area contributed by atoms with Crippen LogP contribution in [0.1, 0.15) is 166 Å². The molecule has 0 saturated carbocycles. The highest BCUT2D eigenvalue weighted by molar-refractivity contribution is 6.00. The van der Waals surface area contributed by atoms with E-state index in [1.165, 1.54) is 27.7 Å². The lowest BCUT2D eigenvalue weighted by atomic mass is 9.83. The average molecular weight is 1280 g/mol. The number of carboxylic acids is 1. The van der Waals surface area contributed by atoms with Gasteiger partial charge in [0.1, 0.15) is 23.7 Å². The number of carbonyl (C=O) groups excluding carboxylic acids is 12. The summed E-state index contributed by atoms with van der Waals surface area (Å²) in [6.07, 6.45) is -6.64. The van der Waals surface area contributed by atoms with Crippen molar-refractivity contribution < 1.29 is 95.6 Å². The first kappa shape index (κ1) is 80.9. The molecule has 0 aliphatic carbocycles. The molecule has 1 aromatic carbocycles. The SMILES string of the molecule is CC[C@H](Cc1ccccc1)C(=O)N[C@H](C(=O)C[C@@H](CO)C(=O)N[C@H](CCC(N)=O)C(=O)C[C@@H](C(=O)N[C@H](C(=O)C[C@@H](CO)C(=O)N[C@H]1C(=O)C[C@@H](C)C(=O)NC(C)(C)C(=O)N[C@@H]([C@@H](C)CC)C(=O)O[C@H]1C)[C@@H](C)CC)[C@@H](C)CC)[C@@H](C)CC.O=C(O)C(F)(F)F. The summed E-state index contributed by atoms with van der Waals surface area (Å²) in [5.74, 6) is -18.6. The minimum absolute atomic E-state index is 0.290. The van der Waals surface area contributed by atoms with Gasteiger partial charge in [-0.25, -0.2) is 9.59 Å². The van der Waals surface area contributed by atoms with Gasteiger partial charge in [-0.1, -0.05) is 125 Å². The first-order valence-electron chi connectivity index (χ1n) is 30.9. The van der Waals surface area contributed by atoms with Crippen molar-refractivity contribution in [1.82, 2.24) is 31.9 Å². The van der Waals surface area contributed by atoms with Gasteiger partial charge < -0.3 is 57.7 Å². The number of primary amides is 1. The highest BCUT2D eigenvalue weighted by Crippen LogP contribution is 2.26. The normalized spacial score (nSPS) is 20.9. The molecular weight excluding hydrogens is 1180 g/mol. The number of hydrogen-bond donors (Lipinski definition) is 10. The third-order valence-electron chi connectivity index (χ3n) is 16.8. The van der Waals surface area contributed by atoms with Gasteiger partial charge in [-0.2, -0.15) is 13.2 Å². The van der Waals surface area contributed by atoms with E-state index in [1.807, 2.05) is 44.2 Å². The molecule has 508 valence electrons.